The van der Waals surface area contributed by atoms with Crippen LogP contribution in [0.5, 0.6) is 0 Å². The van der Waals surface area contributed by atoms with Crippen molar-refractivity contribution in [2.45, 2.75) is 19.9 Å². The highest BCUT2D eigenvalue weighted by Crippen LogP contribution is 2.24. The lowest BCUT2D eigenvalue weighted by atomic mass is 10.1. The molecule has 0 aliphatic heterocycles. The van der Waals surface area contributed by atoms with E-state index >= 15 is 0 Å². The molecule has 1 N–H and O–H groups in total. The molecule has 0 aliphatic rings. The first-order chi connectivity index (χ1) is 9.79. The zero-order chi connectivity index (χ0) is 13.9. The summed E-state index contributed by atoms with van der Waals surface area (Å²) in [6.07, 6.45) is 1.02. The van der Waals surface area contributed by atoms with Gasteiger partial charge in [0.2, 0.25) is 0 Å². The van der Waals surface area contributed by atoms with Crippen LogP contribution in [-0.4, -0.2) is 14.8 Å². The van der Waals surface area contributed by atoms with E-state index < -0.39 is 0 Å². The Morgan fingerprint density at radius 1 is 1.20 bits per heavy atom. The maximum absolute atomic E-state index is 5.37. The smallest absolute Gasteiger partial charge is 0.195 e. The van der Waals surface area contributed by atoms with Gasteiger partial charge in [-0.3, -0.25) is 9.67 Å². The summed E-state index contributed by atoms with van der Waals surface area (Å²) in [6, 6.07) is 12.6. The van der Waals surface area contributed by atoms with E-state index in [2.05, 4.69) is 57.4 Å². The summed E-state index contributed by atoms with van der Waals surface area (Å²) in [6.45, 7) is 2.93. The number of hydrogen-bond donors (Lipinski definition) is 1. The van der Waals surface area contributed by atoms with Crippen LogP contribution >= 0.6 is 23.6 Å². The quantitative estimate of drug-likeness (QED) is 0.730. The first-order valence-electron chi connectivity index (χ1n) is 6.55. The van der Waals surface area contributed by atoms with E-state index in [-0.39, 0.29) is 0 Å². The van der Waals surface area contributed by atoms with E-state index in [1.54, 1.807) is 11.3 Å². The Morgan fingerprint density at radius 3 is 2.70 bits per heavy atom. The Hall–Kier alpha value is -1.72. The van der Waals surface area contributed by atoms with Gasteiger partial charge in [0, 0.05) is 0 Å². The molecule has 0 bridgehead atoms. The molecule has 2 heterocycles. The lowest BCUT2D eigenvalue weighted by Gasteiger charge is -2.10. The first-order valence-corrected chi connectivity index (χ1v) is 7.84. The second kappa shape index (κ2) is 5.73. The molecule has 0 amide bonds. The van der Waals surface area contributed by atoms with Crippen molar-refractivity contribution in [2.24, 2.45) is 0 Å². The maximum Gasteiger partial charge on any atom is 0.195 e. The van der Waals surface area contributed by atoms with E-state index in [0.29, 0.717) is 4.77 Å². The van der Waals surface area contributed by atoms with E-state index in [9.17, 15) is 0 Å². The van der Waals surface area contributed by atoms with Crippen molar-refractivity contribution in [1.82, 2.24) is 14.8 Å². The Morgan fingerprint density at radius 2 is 2.00 bits per heavy atom. The highest BCUT2D eigenvalue weighted by Gasteiger charge is 2.11. The molecule has 0 fully saturated rings. The van der Waals surface area contributed by atoms with E-state index in [0.717, 1.165) is 23.7 Å². The van der Waals surface area contributed by atoms with Gasteiger partial charge in [0.25, 0.3) is 0 Å². The molecular weight excluding hydrogens is 286 g/mol. The Bertz CT molecular complexity index is 754. The molecule has 3 nitrogen and oxygen atoms in total. The third-order valence-corrected chi connectivity index (χ3v) is 4.51. The molecule has 102 valence electrons. The summed E-state index contributed by atoms with van der Waals surface area (Å²) in [7, 11) is 0. The van der Waals surface area contributed by atoms with Crippen molar-refractivity contribution in [2.75, 3.05) is 0 Å². The van der Waals surface area contributed by atoms with Crippen molar-refractivity contribution in [1.29, 1.82) is 0 Å². The van der Waals surface area contributed by atoms with Crippen molar-refractivity contribution in [3.8, 4) is 10.7 Å². The number of H-pyrrole nitrogens is 1. The van der Waals surface area contributed by atoms with Gasteiger partial charge in [0.05, 0.1) is 11.4 Å². The third-order valence-electron chi connectivity index (χ3n) is 3.33. The highest BCUT2D eigenvalue weighted by atomic mass is 32.1. The minimum absolute atomic E-state index is 0.666. The molecule has 0 unspecified atom stereocenters. The molecule has 3 rings (SSSR count). The van der Waals surface area contributed by atoms with Crippen molar-refractivity contribution >= 4 is 23.6 Å². The van der Waals surface area contributed by atoms with Gasteiger partial charge in [-0.15, -0.1) is 11.3 Å². The van der Waals surface area contributed by atoms with Crippen LogP contribution in [0.15, 0.2) is 41.8 Å². The van der Waals surface area contributed by atoms with E-state index in [1.165, 1.54) is 11.1 Å². The van der Waals surface area contributed by atoms with Crippen LogP contribution in [0.25, 0.3) is 10.7 Å². The number of hydrogen-bond acceptors (Lipinski definition) is 3. The molecule has 0 radical (unpaired) electrons. The van der Waals surface area contributed by atoms with E-state index in [1.807, 2.05) is 6.07 Å². The fourth-order valence-electron chi connectivity index (χ4n) is 2.29. The Balaban J connectivity index is 2.03. The summed E-state index contributed by atoms with van der Waals surface area (Å²) in [5.41, 5.74) is 2.65. The summed E-state index contributed by atoms with van der Waals surface area (Å²) < 4.78 is 2.73. The molecular formula is C15H15N3S2. The van der Waals surface area contributed by atoms with Crippen LogP contribution in [0.4, 0.5) is 0 Å². The van der Waals surface area contributed by atoms with Crippen molar-refractivity contribution in [3.05, 3.63) is 57.7 Å². The monoisotopic (exact) mass is 301 g/mol. The van der Waals surface area contributed by atoms with Gasteiger partial charge in [0.1, 0.15) is 0 Å². The normalized spacial score (nSPS) is 10.8. The molecule has 1 aromatic carbocycles. The number of thiophene rings is 1. The fraction of sp³-hybridized carbons (Fsp3) is 0.200. The standard InChI is InChI=1S/C15H15N3S2/c1-2-11-6-3-4-7-12(11)10-18-14(16-17-15(18)19)13-8-5-9-20-13/h3-9H,2,10H2,1H3,(H,17,19). The fourth-order valence-corrected chi connectivity index (χ4v) is 3.20. The van der Waals surface area contributed by atoms with Gasteiger partial charge < -0.3 is 0 Å². The average Bonchev–Trinajstić information content (AvgIpc) is 3.10. The van der Waals surface area contributed by atoms with Crippen molar-refractivity contribution < 1.29 is 0 Å². The zero-order valence-corrected chi connectivity index (χ0v) is 12.8. The Kier molecular flexibility index (Phi) is 3.80. The lowest BCUT2D eigenvalue weighted by Crippen LogP contribution is -2.04. The number of aromatic amines is 1. The second-order valence-corrected chi connectivity index (χ2v) is 5.87. The summed E-state index contributed by atoms with van der Waals surface area (Å²) in [4.78, 5) is 1.13. The molecule has 5 heteroatoms. The molecule has 2 aromatic heterocycles. The predicted molar refractivity (Wildman–Crippen MR) is 85.6 cm³/mol. The second-order valence-electron chi connectivity index (χ2n) is 4.54. The van der Waals surface area contributed by atoms with Gasteiger partial charge in [-0.1, -0.05) is 37.3 Å². The van der Waals surface area contributed by atoms with Crippen LogP contribution in [0.1, 0.15) is 18.1 Å². The molecule has 0 saturated carbocycles. The predicted octanol–water partition coefficient (Wildman–Crippen LogP) is 4.28. The SMILES string of the molecule is CCc1ccccc1Cn1c(-c2cccs2)n[nH]c1=S. The molecule has 20 heavy (non-hydrogen) atoms. The molecule has 0 atom stereocenters. The summed E-state index contributed by atoms with van der Waals surface area (Å²) in [5, 5.41) is 9.32. The first kappa shape index (κ1) is 13.3. The number of benzene rings is 1. The van der Waals surface area contributed by atoms with Crippen LogP contribution in [-0.2, 0) is 13.0 Å². The van der Waals surface area contributed by atoms with Crippen LogP contribution in [0, 0.1) is 4.77 Å². The topological polar surface area (TPSA) is 33.6 Å². The van der Waals surface area contributed by atoms with E-state index in [4.69, 9.17) is 12.2 Å². The third kappa shape index (κ3) is 2.46. The molecule has 0 saturated heterocycles. The van der Waals surface area contributed by atoms with Gasteiger partial charge >= 0.3 is 0 Å². The number of nitrogens with zero attached hydrogens (tertiary/aromatic N) is 2. The van der Waals surface area contributed by atoms with Crippen LogP contribution in [0.2, 0.25) is 0 Å². The largest absolute Gasteiger partial charge is 0.295 e. The molecule has 0 aliphatic carbocycles. The van der Waals surface area contributed by atoms with Crippen LogP contribution in [0.3, 0.4) is 0 Å². The van der Waals surface area contributed by atoms with Gasteiger partial charge in [-0.05, 0) is 41.2 Å². The Labute approximate surface area is 126 Å². The summed E-state index contributed by atoms with van der Waals surface area (Å²) in [5.74, 6) is 0.913. The molecule has 0 spiro atoms. The molecule has 3 aromatic rings. The number of rotatable bonds is 4. The average molecular weight is 301 g/mol. The van der Waals surface area contributed by atoms with Crippen LogP contribution < -0.4 is 0 Å². The minimum Gasteiger partial charge on any atom is -0.295 e. The lowest BCUT2D eigenvalue weighted by molar-refractivity contribution is 0.781. The number of aromatic nitrogens is 3. The van der Waals surface area contributed by atoms with Gasteiger partial charge in [0.15, 0.2) is 10.6 Å². The number of aryl methyl sites for hydroxylation is 1. The minimum atomic E-state index is 0.666. The van der Waals surface area contributed by atoms with Gasteiger partial charge in [-0.25, -0.2) is 0 Å². The summed E-state index contributed by atoms with van der Waals surface area (Å²) >= 11 is 7.05. The maximum atomic E-state index is 5.37. The zero-order valence-electron chi connectivity index (χ0n) is 11.2. The van der Waals surface area contributed by atoms with Gasteiger partial charge in [-0.2, -0.15) is 5.10 Å². The van der Waals surface area contributed by atoms with Crippen molar-refractivity contribution in [3.63, 3.8) is 0 Å². The number of nitrogens with one attached hydrogen (secondary N) is 1. The highest BCUT2D eigenvalue weighted by molar-refractivity contribution is 7.71.